The third-order valence-corrected chi connectivity index (χ3v) is 4.29. The van der Waals surface area contributed by atoms with Gasteiger partial charge in [-0.1, -0.05) is 32.9 Å². The summed E-state index contributed by atoms with van der Waals surface area (Å²) in [6.45, 7) is 10.3. The summed E-state index contributed by atoms with van der Waals surface area (Å²) in [6.07, 6.45) is -1.82. The zero-order valence-electron chi connectivity index (χ0n) is 14.8. The summed E-state index contributed by atoms with van der Waals surface area (Å²) >= 11 is 0. The lowest BCUT2D eigenvalue weighted by atomic mass is 9.76. The van der Waals surface area contributed by atoms with Crippen molar-refractivity contribution in [2.24, 2.45) is 11.1 Å². The van der Waals surface area contributed by atoms with Gasteiger partial charge in [-0.15, -0.1) is 0 Å². The van der Waals surface area contributed by atoms with Crippen molar-refractivity contribution in [1.82, 2.24) is 0 Å². The molecule has 2 aliphatic heterocycles. The molecular weight excluding hydrogens is 309 g/mol. The van der Waals surface area contributed by atoms with Gasteiger partial charge in [0, 0.05) is 10.9 Å². The predicted octanol–water partition coefficient (Wildman–Crippen LogP) is 2.15. The molecule has 2 N–H and O–H groups in total. The number of amides is 1. The molecule has 2 aliphatic rings. The summed E-state index contributed by atoms with van der Waals surface area (Å²) < 4.78 is 23.6. The van der Waals surface area contributed by atoms with Gasteiger partial charge in [0.2, 0.25) is 0 Å². The van der Waals surface area contributed by atoms with E-state index in [0.717, 1.165) is 16.8 Å². The third-order valence-electron chi connectivity index (χ3n) is 4.29. The first-order valence-electron chi connectivity index (χ1n) is 8.13. The van der Waals surface area contributed by atoms with Crippen LogP contribution in [0.3, 0.4) is 0 Å². The molecule has 0 bridgehead atoms. The summed E-state index contributed by atoms with van der Waals surface area (Å²) in [7, 11) is -0.556. The van der Waals surface area contributed by atoms with Crippen molar-refractivity contribution in [3.8, 4) is 5.75 Å². The van der Waals surface area contributed by atoms with Crippen molar-refractivity contribution in [1.29, 1.82) is 0 Å². The van der Waals surface area contributed by atoms with Crippen LogP contribution in [0.4, 0.5) is 4.79 Å². The van der Waals surface area contributed by atoms with Gasteiger partial charge in [0.05, 0.1) is 5.60 Å². The van der Waals surface area contributed by atoms with E-state index in [2.05, 4.69) is 0 Å². The molecule has 6 nitrogen and oxygen atoms in total. The number of carbonyl (C=O) groups is 1. The maximum absolute atomic E-state index is 11.4. The summed E-state index contributed by atoms with van der Waals surface area (Å²) in [6, 6.07) is 5.77. The summed E-state index contributed by atoms with van der Waals surface area (Å²) in [5.74, 6) is 0.748. The molecule has 7 heteroatoms. The zero-order chi connectivity index (χ0) is 17.7. The molecule has 2 heterocycles. The minimum atomic E-state index is -0.815. The number of carbonyl (C=O) groups excluding carboxylic acids is 1. The minimum Gasteiger partial charge on any atom is -0.491 e. The molecule has 2 atom stereocenters. The summed E-state index contributed by atoms with van der Waals surface area (Å²) in [4.78, 5) is 11.4. The Labute approximate surface area is 142 Å². The highest BCUT2D eigenvalue weighted by Gasteiger charge is 2.50. The number of rotatable bonds is 2. The lowest BCUT2D eigenvalue weighted by Crippen LogP contribution is -2.42. The Kier molecular flexibility index (Phi) is 4.04. The smallest absolute Gasteiger partial charge is 0.491 e. The Balaban J connectivity index is 2.04. The van der Waals surface area contributed by atoms with Crippen LogP contribution in [0.25, 0.3) is 0 Å². The Bertz CT molecular complexity index is 655. The van der Waals surface area contributed by atoms with E-state index in [1.54, 1.807) is 0 Å². The highest BCUT2D eigenvalue weighted by atomic mass is 16.6. The van der Waals surface area contributed by atoms with Gasteiger partial charge >= 0.3 is 13.2 Å². The van der Waals surface area contributed by atoms with Crippen LogP contribution in [0.15, 0.2) is 18.2 Å². The van der Waals surface area contributed by atoms with Gasteiger partial charge in [-0.25, -0.2) is 4.79 Å². The van der Waals surface area contributed by atoms with Crippen LogP contribution >= 0.6 is 0 Å². The van der Waals surface area contributed by atoms with E-state index in [-0.39, 0.29) is 5.41 Å². The largest absolute Gasteiger partial charge is 0.499 e. The van der Waals surface area contributed by atoms with Crippen LogP contribution in [0.1, 0.15) is 46.3 Å². The fourth-order valence-corrected chi connectivity index (χ4v) is 3.18. The number of hydrogen-bond donors (Lipinski definition) is 1. The van der Waals surface area contributed by atoms with Crippen LogP contribution in [0.2, 0.25) is 0 Å². The lowest BCUT2D eigenvalue weighted by molar-refractivity contribution is -0.0533. The van der Waals surface area contributed by atoms with Crippen LogP contribution < -0.4 is 15.9 Å². The fourth-order valence-electron chi connectivity index (χ4n) is 3.18. The number of primary amides is 1. The molecule has 0 saturated heterocycles. The second-order valence-corrected chi connectivity index (χ2v) is 8.04. The van der Waals surface area contributed by atoms with Crippen molar-refractivity contribution in [3.05, 3.63) is 23.8 Å². The second kappa shape index (κ2) is 5.67. The minimum absolute atomic E-state index is 0.359. The van der Waals surface area contributed by atoms with E-state index in [1.165, 1.54) is 0 Å². The molecule has 2 unspecified atom stereocenters. The van der Waals surface area contributed by atoms with E-state index in [9.17, 15) is 4.79 Å². The van der Waals surface area contributed by atoms with E-state index in [4.69, 9.17) is 24.5 Å². The molecule has 0 aliphatic carbocycles. The lowest BCUT2D eigenvalue weighted by Gasteiger charge is -2.35. The number of hydrogen-bond acceptors (Lipinski definition) is 5. The fraction of sp³-hybridized carbons (Fsp3) is 0.588. The van der Waals surface area contributed by atoms with Gasteiger partial charge in [-0.2, -0.15) is 0 Å². The number of nitrogens with two attached hydrogens (primary N) is 1. The highest BCUT2D eigenvalue weighted by Crippen LogP contribution is 2.41. The average Bonchev–Trinajstić information content (AvgIpc) is 2.72. The van der Waals surface area contributed by atoms with E-state index < -0.39 is 31.0 Å². The van der Waals surface area contributed by atoms with E-state index >= 15 is 0 Å². The van der Waals surface area contributed by atoms with Crippen molar-refractivity contribution >= 4 is 18.7 Å². The number of ether oxygens (including phenoxy) is 2. The maximum atomic E-state index is 11.4. The molecule has 0 spiro atoms. The first-order valence-corrected chi connectivity index (χ1v) is 8.13. The molecular formula is C17H24BNO5. The van der Waals surface area contributed by atoms with Crippen molar-refractivity contribution in [2.75, 3.05) is 6.61 Å². The second-order valence-electron chi connectivity index (χ2n) is 8.04. The van der Waals surface area contributed by atoms with E-state index in [1.807, 2.05) is 52.8 Å². The molecule has 130 valence electrons. The average molecular weight is 333 g/mol. The van der Waals surface area contributed by atoms with Crippen LogP contribution in [-0.2, 0) is 14.0 Å². The standard InChI is InChI=1S/C17H24BNO5/c1-16(2,3)14(22-15(19)20)13-10-7-6-8-11-12(10)18(23-13)24-17(4,5)9-21-11/h6-8,13-14H,9H2,1-5H3,(H2,19,20). The quantitative estimate of drug-likeness (QED) is 0.839. The Morgan fingerprint density at radius 3 is 2.75 bits per heavy atom. The monoisotopic (exact) mass is 333 g/mol. The van der Waals surface area contributed by atoms with Gasteiger partial charge < -0.3 is 24.5 Å². The first-order chi connectivity index (χ1) is 11.1. The van der Waals surface area contributed by atoms with Crippen molar-refractivity contribution in [3.63, 3.8) is 0 Å². The van der Waals surface area contributed by atoms with Gasteiger partial charge in [-0.05, 0) is 25.5 Å². The normalized spacial score (nSPS) is 23.0. The van der Waals surface area contributed by atoms with Crippen LogP contribution in [-0.4, -0.2) is 31.5 Å². The molecule has 0 radical (unpaired) electrons. The van der Waals surface area contributed by atoms with E-state index in [0.29, 0.717) is 6.61 Å². The Morgan fingerprint density at radius 2 is 2.12 bits per heavy atom. The van der Waals surface area contributed by atoms with Gasteiger partial charge in [-0.3, -0.25) is 0 Å². The molecule has 0 aromatic heterocycles. The molecule has 1 amide bonds. The maximum Gasteiger partial charge on any atom is 0.499 e. The topological polar surface area (TPSA) is 80.0 Å². The van der Waals surface area contributed by atoms with Gasteiger partial charge in [0.25, 0.3) is 0 Å². The van der Waals surface area contributed by atoms with Gasteiger partial charge in [0.15, 0.2) is 0 Å². The molecule has 0 fully saturated rings. The molecule has 1 aromatic carbocycles. The highest BCUT2D eigenvalue weighted by molar-refractivity contribution is 6.64. The zero-order valence-corrected chi connectivity index (χ0v) is 14.8. The number of benzene rings is 1. The third kappa shape index (κ3) is 3.10. The Hall–Kier alpha value is -1.73. The van der Waals surface area contributed by atoms with Crippen LogP contribution in [0, 0.1) is 5.41 Å². The SMILES string of the molecule is CC1(C)COc2cccc3c2B(OC3C(OC(N)=O)C(C)(C)C)O1. The Morgan fingerprint density at radius 1 is 1.42 bits per heavy atom. The van der Waals surface area contributed by atoms with Crippen molar-refractivity contribution in [2.45, 2.75) is 52.4 Å². The van der Waals surface area contributed by atoms with Crippen LogP contribution in [0.5, 0.6) is 5.75 Å². The van der Waals surface area contributed by atoms with Gasteiger partial charge in [0.1, 0.15) is 24.6 Å². The van der Waals surface area contributed by atoms with Crippen molar-refractivity contribution < 1.29 is 23.6 Å². The predicted molar refractivity (Wildman–Crippen MR) is 90.2 cm³/mol. The first kappa shape index (κ1) is 17.1. The molecule has 1 aromatic rings. The molecule has 24 heavy (non-hydrogen) atoms. The molecule has 0 saturated carbocycles. The molecule has 3 rings (SSSR count). The summed E-state index contributed by atoms with van der Waals surface area (Å²) in [5.41, 5.74) is 6.22. The summed E-state index contributed by atoms with van der Waals surface area (Å²) in [5, 5.41) is 0.